The smallest absolute Gasteiger partial charge is 0.307 e. The van der Waals surface area contributed by atoms with E-state index in [-0.39, 0.29) is 16.9 Å². The molecule has 0 heterocycles. The summed E-state index contributed by atoms with van der Waals surface area (Å²) < 4.78 is 27.7. The van der Waals surface area contributed by atoms with Gasteiger partial charge in [-0.25, -0.2) is 8.42 Å². The molecule has 2 aromatic rings. The van der Waals surface area contributed by atoms with Crippen molar-refractivity contribution in [2.75, 3.05) is 13.4 Å². The Kier molecular flexibility index (Phi) is 6.39. The predicted octanol–water partition coefficient (Wildman–Crippen LogP) is 2.78. The van der Waals surface area contributed by atoms with E-state index in [1.54, 1.807) is 24.3 Å². The molecule has 0 aliphatic carbocycles. The van der Waals surface area contributed by atoms with E-state index in [2.05, 4.69) is 10.1 Å². The van der Waals surface area contributed by atoms with Crippen LogP contribution in [-0.4, -0.2) is 33.7 Å². The van der Waals surface area contributed by atoms with Gasteiger partial charge in [-0.15, -0.1) is 0 Å². The Bertz CT molecular complexity index is 909. The number of hydrogen-bond donors (Lipinski definition) is 1. The Morgan fingerprint density at radius 3 is 2.27 bits per heavy atom. The second kappa shape index (κ2) is 8.33. The number of halogens is 1. The van der Waals surface area contributed by atoms with Crippen molar-refractivity contribution in [3.05, 3.63) is 64.7 Å². The van der Waals surface area contributed by atoms with Gasteiger partial charge in [0.05, 0.1) is 24.5 Å². The Morgan fingerprint density at radius 1 is 1.12 bits per heavy atom. The van der Waals surface area contributed by atoms with E-state index in [0.29, 0.717) is 10.6 Å². The first-order valence-corrected chi connectivity index (χ1v) is 9.91. The SMILES string of the molecule is COC(=O)C[C@H](NC(=O)c1ccc(S(C)(=O)=O)cc1)c1ccccc1Cl. The quantitative estimate of drug-likeness (QED) is 0.759. The highest BCUT2D eigenvalue weighted by molar-refractivity contribution is 7.90. The molecule has 0 fully saturated rings. The minimum Gasteiger partial charge on any atom is -0.469 e. The normalized spacial score (nSPS) is 12.3. The molecular weight excluding hydrogens is 378 g/mol. The lowest BCUT2D eigenvalue weighted by Crippen LogP contribution is -2.30. The summed E-state index contributed by atoms with van der Waals surface area (Å²) in [6.45, 7) is 0. The number of esters is 1. The number of rotatable bonds is 6. The third-order valence-corrected chi connectivity index (χ3v) is 5.20. The van der Waals surface area contributed by atoms with E-state index >= 15 is 0 Å². The Hall–Kier alpha value is -2.38. The highest BCUT2D eigenvalue weighted by Gasteiger charge is 2.22. The van der Waals surface area contributed by atoms with Gasteiger partial charge < -0.3 is 10.1 Å². The van der Waals surface area contributed by atoms with Crippen LogP contribution in [0.2, 0.25) is 5.02 Å². The van der Waals surface area contributed by atoms with Crippen LogP contribution in [0.15, 0.2) is 53.4 Å². The van der Waals surface area contributed by atoms with Gasteiger partial charge in [-0.3, -0.25) is 9.59 Å². The number of carbonyl (C=O) groups is 2. The summed E-state index contributed by atoms with van der Waals surface area (Å²) in [4.78, 5) is 24.3. The van der Waals surface area contributed by atoms with Crippen molar-refractivity contribution in [3.8, 4) is 0 Å². The second-order valence-corrected chi connectivity index (χ2v) is 8.05. The van der Waals surface area contributed by atoms with Gasteiger partial charge in [0.2, 0.25) is 0 Å². The summed E-state index contributed by atoms with van der Waals surface area (Å²) in [5.74, 6) is -0.957. The summed E-state index contributed by atoms with van der Waals surface area (Å²) in [5.41, 5.74) is 0.847. The first-order chi connectivity index (χ1) is 12.2. The monoisotopic (exact) mass is 395 g/mol. The molecule has 26 heavy (non-hydrogen) atoms. The van der Waals surface area contributed by atoms with E-state index in [1.165, 1.54) is 31.4 Å². The summed E-state index contributed by atoms with van der Waals surface area (Å²) in [5, 5.41) is 3.15. The number of amides is 1. The molecule has 1 amide bonds. The van der Waals surface area contributed by atoms with E-state index in [0.717, 1.165) is 6.26 Å². The molecule has 0 bridgehead atoms. The molecule has 0 aliphatic rings. The fourth-order valence-corrected chi connectivity index (χ4v) is 3.24. The van der Waals surface area contributed by atoms with Gasteiger partial charge in [0.25, 0.3) is 5.91 Å². The van der Waals surface area contributed by atoms with Gasteiger partial charge in [-0.2, -0.15) is 0 Å². The first-order valence-electron chi connectivity index (χ1n) is 7.64. The maximum atomic E-state index is 12.5. The van der Waals surface area contributed by atoms with Crippen LogP contribution in [0, 0.1) is 0 Å². The predicted molar refractivity (Wildman–Crippen MR) is 97.8 cm³/mol. The number of benzene rings is 2. The number of sulfone groups is 1. The summed E-state index contributed by atoms with van der Waals surface area (Å²) in [6.07, 6.45) is 0.999. The van der Waals surface area contributed by atoms with E-state index < -0.39 is 27.8 Å². The molecule has 8 heteroatoms. The molecule has 0 saturated heterocycles. The summed E-state index contributed by atoms with van der Waals surface area (Å²) in [7, 11) is -2.08. The average Bonchev–Trinajstić information content (AvgIpc) is 2.60. The molecule has 2 rings (SSSR count). The molecule has 6 nitrogen and oxygen atoms in total. The minimum absolute atomic E-state index is 0.0899. The van der Waals surface area contributed by atoms with Gasteiger partial charge in [-0.05, 0) is 35.9 Å². The van der Waals surface area contributed by atoms with E-state index in [1.807, 2.05) is 0 Å². The maximum Gasteiger partial charge on any atom is 0.307 e. The molecule has 1 atom stereocenters. The molecule has 2 aromatic carbocycles. The molecule has 0 spiro atoms. The van der Waals surface area contributed by atoms with Gasteiger partial charge in [0.1, 0.15) is 0 Å². The van der Waals surface area contributed by atoms with Crippen molar-refractivity contribution in [1.29, 1.82) is 0 Å². The Balaban J connectivity index is 2.26. The molecule has 0 unspecified atom stereocenters. The topological polar surface area (TPSA) is 89.5 Å². The van der Waals surface area contributed by atoms with Crippen LogP contribution in [0.4, 0.5) is 0 Å². The minimum atomic E-state index is -3.35. The molecule has 0 saturated carbocycles. The number of methoxy groups -OCH3 is 1. The molecule has 0 aliphatic heterocycles. The molecular formula is C18H18ClNO5S. The highest BCUT2D eigenvalue weighted by Crippen LogP contribution is 2.26. The van der Waals surface area contributed by atoms with E-state index in [9.17, 15) is 18.0 Å². The summed E-state index contributed by atoms with van der Waals surface area (Å²) >= 11 is 6.18. The van der Waals surface area contributed by atoms with Crippen molar-refractivity contribution in [2.45, 2.75) is 17.4 Å². The number of ether oxygens (including phenoxy) is 1. The maximum absolute atomic E-state index is 12.5. The number of carbonyl (C=O) groups excluding carboxylic acids is 2. The lowest BCUT2D eigenvalue weighted by atomic mass is 10.0. The second-order valence-electron chi connectivity index (χ2n) is 5.62. The van der Waals surface area contributed by atoms with Crippen LogP contribution in [0.3, 0.4) is 0 Å². The van der Waals surface area contributed by atoms with Crippen LogP contribution in [-0.2, 0) is 19.4 Å². The summed E-state index contributed by atoms with van der Waals surface area (Å²) in [6, 6.07) is 11.7. The fraction of sp³-hybridized carbons (Fsp3) is 0.222. The van der Waals surface area contributed by atoms with Crippen LogP contribution >= 0.6 is 11.6 Å². The Labute approximate surface area is 157 Å². The third-order valence-electron chi connectivity index (χ3n) is 3.73. The number of nitrogens with one attached hydrogen (secondary N) is 1. The van der Waals surface area contributed by atoms with Gasteiger partial charge in [0.15, 0.2) is 9.84 Å². The van der Waals surface area contributed by atoms with Gasteiger partial charge in [0, 0.05) is 16.8 Å². The van der Waals surface area contributed by atoms with Crippen LogP contribution in [0.25, 0.3) is 0 Å². The van der Waals surface area contributed by atoms with Gasteiger partial charge >= 0.3 is 5.97 Å². The third kappa shape index (κ3) is 5.06. The standard InChI is InChI=1S/C18H18ClNO5S/c1-25-17(21)11-16(14-5-3-4-6-15(14)19)20-18(22)12-7-9-13(10-8-12)26(2,23)24/h3-10,16H,11H2,1-2H3,(H,20,22)/t16-/m0/s1. The number of hydrogen-bond acceptors (Lipinski definition) is 5. The largest absolute Gasteiger partial charge is 0.469 e. The van der Waals surface area contributed by atoms with Crippen molar-refractivity contribution in [1.82, 2.24) is 5.32 Å². The van der Waals surface area contributed by atoms with Gasteiger partial charge in [-0.1, -0.05) is 29.8 Å². The van der Waals surface area contributed by atoms with Crippen molar-refractivity contribution < 1.29 is 22.7 Å². The van der Waals surface area contributed by atoms with Crippen LogP contribution < -0.4 is 5.32 Å². The zero-order chi connectivity index (χ0) is 19.3. The van der Waals surface area contributed by atoms with Crippen LogP contribution in [0.1, 0.15) is 28.4 Å². The molecule has 0 radical (unpaired) electrons. The fourth-order valence-electron chi connectivity index (χ4n) is 2.34. The zero-order valence-corrected chi connectivity index (χ0v) is 15.8. The molecule has 138 valence electrons. The van der Waals surface area contributed by atoms with Crippen molar-refractivity contribution in [3.63, 3.8) is 0 Å². The Morgan fingerprint density at radius 2 is 1.73 bits per heavy atom. The lowest BCUT2D eigenvalue weighted by molar-refractivity contribution is -0.141. The van der Waals surface area contributed by atoms with Crippen molar-refractivity contribution >= 4 is 33.3 Å². The highest BCUT2D eigenvalue weighted by atomic mass is 35.5. The first kappa shape index (κ1) is 19.9. The zero-order valence-electron chi connectivity index (χ0n) is 14.2. The average molecular weight is 396 g/mol. The molecule has 0 aromatic heterocycles. The van der Waals surface area contributed by atoms with Crippen LogP contribution in [0.5, 0.6) is 0 Å². The van der Waals surface area contributed by atoms with E-state index in [4.69, 9.17) is 11.6 Å². The van der Waals surface area contributed by atoms with Crippen molar-refractivity contribution in [2.24, 2.45) is 0 Å². The lowest BCUT2D eigenvalue weighted by Gasteiger charge is -2.19. The molecule has 1 N–H and O–H groups in total.